The fraction of sp³-hybridized carbons (Fsp3) is 0.556. The highest BCUT2D eigenvalue weighted by atomic mass is 35.5. The summed E-state index contributed by atoms with van der Waals surface area (Å²) in [6, 6.07) is 0. The summed E-state index contributed by atoms with van der Waals surface area (Å²) in [5, 5.41) is 6.64. The first-order valence-corrected chi connectivity index (χ1v) is 5.10. The number of aryl methyl sites for hydroxylation is 1. The molecule has 1 aromatic heterocycles. The summed E-state index contributed by atoms with van der Waals surface area (Å²) >= 11 is 5.75. The van der Waals surface area contributed by atoms with Crippen molar-refractivity contribution in [1.82, 2.24) is 10.5 Å². The van der Waals surface area contributed by atoms with Gasteiger partial charge in [-0.3, -0.25) is 4.79 Å². The van der Waals surface area contributed by atoms with Gasteiger partial charge in [0.05, 0.1) is 5.69 Å². The average molecular weight is 268 g/mol. The van der Waals surface area contributed by atoms with Crippen LogP contribution in [0.4, 0.5) is 0 Å². The summed E-state index contributed by atoms with van der Waals surface area (Å²) in [5.41, 5.74) is 6.77. The summed E-state index contributed by atoms with van der Waals surface area (Å²) in [6.07, 6.45) is 0.895. The van der Waals surface area contributed by atoms with E-state index in [-0.39, 0.29) is 23.5 Å². The minimum Gasteiger partial charge on any atom is -0.355 e. The third-order valence-corrected chi connectivity index (χ3v) is 2.30. The molecule has 0 radical (unpaired) electrons. The number of nitrogens with one attached hydrogen (secondary N) is 1. The van der Waals surface area contributed by atoms with Crippen LogP contribution in [-0.4, -0.2) is 24.2 Å². The van der Waals surface area contributed by atoms with Gasteiger partial charge in [0.15, 0.2) is 0 Å². The first kappa shape index (κ1) is 15.2. The lowest BCUT2D eigenvalue weighted by Crippen LogP contribution is -2.29. The molecule has 1 heterocycles. The molecule has 0 saturated carbocycles. The summed E-state index contributed by atoms with van der Waals surface area (Å²) in [4.78, 5) is 11.3. The Morgan fingerprint density at radius 3 is 2.81 bits per heavy atom. The number of hydrogen-bond acceptors (Lipinski definition) is 4. The molecular weight excluding hydrogens is 253 g/mol. The van der Waals surface area contributed by atoms with Crippen LogP contribution in [0.25, 0.3) is 0 Å². The van der Waals surface area contributed by atoms with Gasteiger partial charge >= 0.3 is 0 Å². The maximum absolute atomic E-state index is 11.3. The van der Waals surface area contributed by atoms with Crippen molar-refractivity contribution in [3.05, 3.63) is 16.5 Å². The van der Waals surface area contributed by atoms with Gasteiger partial charge in [-0.2, -0.15) is 0 Å². The number of hydrogen-bond donors (Lipinski definition) is 2. The molecule has 0 aromatic carbocycles. The van der Waals surface area contributed by atoms with E-state index in [1.165, 1.54) is 0 Å². The molecule has 0 aliphatic rings. The smallest absolute Gasteiger partial charge is 0.229 e. The van der Waals surface area contributed by atoms with Gasteiger partial charge in [-0.25, -0.2) is 0 Å². The number of nitrogens with two attached hydrogens (primary N) is 1. The normalized spacial score (nSPS) is 9.69. The number of carbonyl (C=O) groups is 1. The zero-order valence-corrected chi connectivity index (χ0v) is 10.5. The molecule has 0 aliphatic carbocycles. The van der Waals surface area contributed by atoms with Gasteiger partial charge in [0.25, 0.3) is 0 Å². The molecule has 0 unspecified atom stereocenters. The molecule has 0 saturated heterocycles. The third-order valence-electron chi connectivity index (χ3n) is 2.01. The minimum absolute atomic E-state index is 0. The highest BCUT2D eigenvalue weighted by molar-refractivity contribution is 6.29. The zero-order valence-electron chi connectivity index (χ0n) is 8.96. The molecular formula is C9H15Cl2N3O2. The zero-order chi connectivity index (χ0) is 11.3. The van der Waals surface area contributed by atoms with Gasteiger partial charge in [-0.1, -0.05) is 5.16 Å². The SMILES string of the molecule is Cc1noc(Cl)c1CCC(=O)NCCN.Cl. The van der Waals surface area contributed by atoms with Crippen molar-refractivity contribution in [3.63, 3.8) is 0 Å². The largest absolute Gasteiger partial charge is 0.355 e. The van der Waals surface area contributed by atoms with Crippen LogP contribution >= 0.6 is 24.0 Å². The fourth-order valence-corrected chi connectivity index (χ4v) is 1.44. The summed E-state index contributed by atoms with van der Waals surface area (Å²) in [5.74, 6) is -0.0443. The highest BCUT2D eigenvalue weighted by Gasteiger charge is 2.12. The van der Waals surface area contributed by atoms with E-state index < -0.39 is 0 Å². The third kappa shape index (κ3) is 4.38. The monoisotopic (exact) mass is 267 g/mol. The predicted molar refractivity (Wildman–Crippen MR) is 63.9 cm³/mol. The number of amides is 1. The van der Waals surface area contributed by atoms with E-state index in [2.05, 4.69) is 10.5 Å². The van der Waals surface area contributed by atoms with Gasteiger partial charge in [0, 0.05) is 25.1 Å². The molecule has 1 amide bonds. The van der Waals surface area contributed by atoms with Crippen LogP contribution in [0.2, 0.25) is 5.22 Å². The Bertz CT molecular complexity index is 322. The fourth-order valence-electron chi connectivity index (χ4n) is 1.18. The van der Waals surface area contributed by atoms with Crippen LogP contribution in [0.15, 0.2) is 4.52 Å². The van der Waals surface area contributed by atoms with Crippen LogP contribution in [0.1, 0.15) is 17.7 Å². The number of halogens is 2. The van der Waals surface area contributed by atoms with Crippen molar-refractivity contribution in [2.24, 2.45) is 5.73 Å². The van der Waals surface area contributed by atoms with Crippen molar-refractivity contribution in [3.8, 4) is 0 Å². The maximum Gasteiger partial charge on any atom is 0.229 e. The number of rotatable bonds is 5. The van der Waals surface area contributed by atoms with Gasteiger partial charge in [-0.05, 0) is 24.9 Å². The molecule has 0 aliphatic heterocycles. The lowest BCUT2D eigenvalue weighted by atomic mass is 10.1. The minimum atomic E-state index is -0.0443. The van der Waals surface area contributed by atoms with Crippen LogP contribution in [0, 0.1) is 6.92 Å². The Morgan fingerprint density at radius 1 is 1.62 bits per heavy atom. The number of nitrogens with zero attached hydrogens (tertiary/aromatic N) is 1. The van der Waals surface area contributed by atoms with Crippen LogP contribution in [0.3, 0.4) is 0 Å². The molecule has 1 rings (SSSR count). The Hall–Kier alpha value is -0.780. The van der Waals surface area contributed by atoms with Crippen molar-refractivity contribution in [2.75, 3.05) is 13.1 Å². The number of carbonyl (C=O) groups excluding carboxylic acids is 1. The molecule has 3 N–H and O–H groups in total. The molecule has 1 aromatic rings. The summed E-state index contributed by atoms with van der Waals surface area (Å²) in [6.45, 7) is 2.73. The molecule has 16 heavy (non-hydrogen) atoms. The Labute approximate surface area is 105 Å². The Balaban J connectivity index is 0.00000225. The Morgan fingerprint density at radius 2 is 2.31 bits per heavy atom. The molecule has 0 spiro atoms. The van der Waals surface area contributed by atoms with Gasteiger partial charge in [-0.15, -0.1) is 12.4 Å². The summed E-state index contributed by atoms with van der Waals surface area (Å²) in [7, 11) is 0. The van der Waals surface area contributed by atoms with Crippen LogP contribution < -0.4 is 11.1 Å². The molecule has 0 atom stereocenters. The standard InChI is InChI=1S/C9H14ClN3O2.ClH/c1-6-7(9(10)15-13-6)2-3-8(14)12-5-4-11;/h2-5,11H2,1H3,(H,12,14);1H. The lowest BCUT2D eigenvalue weighted by Gasteiger charge is -2.02. The van der Waals surface area contributed by atoms with Crippen molar-refractivity contribution < 1.29 is 9.32 Å². The van der Waals surface area contributed by atoms with E-state index in [0.29, 0.717) is 25.9 Å². The van der Waals surface area contributed by atoms with Gasteiger partial charge < -0.3 is 15.6 Å². The molecule has 0 bridgehead atoms. The summed E-state index contributed by atoms with van der Waals surface area (Å²) < 4.78 is 4.77. The lowest BCUT2D eigenvalue weighted by molar-refractivity contribution is -0.120. The quantitative estimate of drug-likeness (QED) is 0.836. The van der Waals surface area contributed by atoms with Crippen molar-refractivity contribution in [1.29, 1.82) is 0 Å². The second kappa shape index (κ2) is 7.49. The van der Waals surface area contributed by atoms with E-state index in [1.807, 2.05) is 0 Å². The van der Waals surface area contributed by atoms with E-state index in [0.717, 1.165) is 11.3 Å². The first-order chi connectivity index (χ1) is 7.15. The second-order valence-electron chi connectivity index (χ2n) is 3.16. The molecule has 92 valence electrons. The highest BCUT2D eigenvalue weighted by Crippen LogP contribution is 2.20. The van der Waals surface area contributed by atoms with Crippen LogP contribution in [-0.2, 0) is 11.2 Å². The van der Waals surface area contributed by atoms with Gasteiger partial charge in [0.1, 0.15) is 0 Å². The van der Waals surface area contributed by atoms with Crippen LogP contribution in [0.5, 0.6) is 0 Å². The van der Waals surface area contributed by atoms with Gasteiger partial charge in [0.2, 0.25) is 11.1 Å². The maximum atomic E-state index is 11.3. The molecule has 0 fully saturated rings. The second-order valence-corrected chi connectivity index (χ2v) is 3.50. The van der Waals surface area contributed by atoms with Crippen molar-refractivity contribution in [2.45, 2.75) is 19.8 Å². The topological polar surface area (TPSA) is 81.2 Å². The van der Waals surface area contributed by atoms with E-state index in [4.69, 9.17) is 21.9 Å². The molecule has 7 heteroatoms. The van der Waals surface area contributed by atoms with E-state index in [9.17, 15) is 4.79 Å². The van der Waals surface area contributed by atoms with Crippen molar-refractivity contribution >= 4 is 29.9 Å². The molecule has 5 nitrogen and oxygen atoms in total. The van der Waals surface area contributed by atoms with E-state index >= 15 is 0 Å². The predicted octanol–water partition coefficient (Wildman–Crippen LogP) is 1.07. The average Bonchev–Trinajstić information content (AvgIpc) is 2.53. The number of aromatic nitrogens is 1. The van der Waals surface area contributed by atoms with E-state index in [1.54, 1.807) is 6.92 Å². The Kier molecular flexibility index (Phi) is 7.12. The first-order valence-electron chi connectivity index (χ1n) is 4.72.